The van der Waals surface area contributed by atoms with Gasteiger partial charge >= 0.3 is 0 Å². The smallest absolute Gasteiger partial charge is 0.0594 e. The summed E-state index contributed by atoms with van der Waals surface area (Å²) in [6, 6.07) is 8.97. The predicted molar refractivity (Wildman–Crippen MR) is 70.0 cm³/mol. The Bertz CT molecular complexity index is 359. The Kier molecular flexibility index (Phi) is 4.15. The molecule has 0 radical (unpaired) electrons. The highest BCUT2D eigenvalue weighted by Gasteiger charge is 2.26. The first-order valence-electron chi connectivity index (χ1n) is 6.33. The molecule has 1 aliphatic heterocycles. The number of ether oxygens (including phenoxy) is 1. The van der Waals surface area contributed by atoms with E-state index in [2.05, 4.69) is 43.0 Å². The molecule has 1 saturated heterocycles. The van der Waals surface area contributed by atoms with Gasteiger partial charge in [-0.25, -0.2) is 0 Å². The summed E-state index contributed by atoms with van der Waals surface area (Å²) in [6.45, 7) is 7.82. The van der Waals surface area contributed by atoms with E-state index in [0.29, 0.717) is 6.04 Å². The Labute approximate surface area is 104 Å². The lowest BCUT2D eigenvalue weighted by Gasteiger charge is -2.37. The average molecular weight is 234 g/mol. The van der Waals surface area contributed by atoms with Gasteiger partial charge in [-0.15, -0.1) is 0 Å². The zero-order chi connectivity index (χ0) is 12.3. The van der Waals surface area contributed by atoms with E-state index in [4.69, 9.17) is 10.5 Å². The zero-order valence-electron chi connectivity index (χ0n) is 10.7. The van der Waals surface area contributed by atoms with Crippen LogP contribution in [-0.4, -0.2) is 37.2 Å². The van der Waals surface area contributed by atoms with Gasteiger partial charge in [-0.05, 0) is 25.0 Å². The topological polar surface area (TPSA) is 38.5 Å². The van der Waals surface area contributed by atoms with Crippen LogP contribution in [0.2, 0.25) is 0 Å². The number of morpholine rings is 1. The average Bonchev–Trinajstić information content (AvgIpc) is 2.33. The van der Waals surface area contributed by atoms with Gasteiger partial charge in [0.15, 0.2) is 0 Å². The van der Waals surface area contributed by atoms with E-state index in [1.54, 1.807) is 0 Å². The lowest BCUT2D eigenvalue weighted by molar-refractivity contribution is 0.0115. The molecule has 1 aliphatic rings. The quantitative estimate of drug-likeness (QED) is 0.865. The molecular weight excluding hydrogens is 212 g/mol. The van der Waals surface area contributed by atoms with Gasteiger partial charge < -0.3 is 10.5 Å². The summed E-state index contributed by atoms with van der Waals surface area (Å²) in [4.78, 5) is 2.44. The van der Waals surface area contributed by atoms with Crippen molar-refractivity contribution < 1.29 is 4.74 Å². The number of rotatable bonds is 3. The second-order valence-corrected chi connectivity index (χ2v) is 4.81. The maximum Gasteiger partial charge on any atom is 0.0594 e. The van der Waals surface area contributed by atoms with Gasteiger partial charge in [0.2, 0.25) is 0 Å². The first-order valence-corrected chi connectivity index (χ1v) is 6.33. The Morgan fingerprint density at radius 1 is 1.24 bits per heavy atom. The number of aryl methyl sites for hydroxylation is 1. The molecule has 0 bridgehead atoms. The van der Waals surface area contributed by atoms with Crippen LogP contribution in [0, 0.1) is 6.92 Å². The summed E-state index contributed by atoms with van der Waals surface area (Å²) in [5.41, 5.74) is 8.86. The van der Waals surface area contributed by atoms with Crippen LogP contribution in [0.4, 0.5) is 0 Å². The van der Waals surface area contributed by atoms with Gasteiger partial charge in [0.1, 0.15) is 0 Å². The predicted octanol–water partition coefficient (Wildman–Crippen LogP) is 1.72. The van der Waals surface area contributed by atoms with Crippen LogP contribution in [0.25, 0.3) is 0 Å². The third kappa shape index (κ3) is 2.86. The van der Waals surface area contributed by atoms with Crippen molar-refractivity contribution in [3.05, 3.63) is 35.4 Å². The van der Waals surface area contributed by atoms with E-state index >= 15 is 0 Å². The summed E-state index contributed by atoms with van der Waals surface area (Å²) in [5.74, 6) is 0. The Morgan fingerprint density at radius 2 is 1.88 bits per heavy atom. The van der Waals surface area contributed by atoms with Gasteiger partial charge in [-0.2, -0.15) is 0 Å². The second kappa shape index (κ2) is 5.63. The molecule has 1 fully saturated rings. The molecule has 94 valence electrons. The molecule has 0 aliphatic carbocycles. The van der Waals surface area contributed by atoms with Crippen LogP contribution >= 0.6 is 0 Å². The minimum Gasteiger partial charge on any atom is -0.379 e. The molecule has 17 heavy (non-hydrogen) atoms. The molecule has 0 aromatic heterocycles. The van der Waals surface area contributed by atoms with Crippen LogP contribution in [-0.2, 0) is 4.74 Å². The Morgan fingerprint density at radius 3 is 2.47 bits per heavy atom. The minimum absolute atomic E-state index is 0.134. The molecule has 2 rings (SSSR count). The van der Waals surface area contributed by atoms with Gasteiger partial charge in [-0.1, -0.05) is 24.3 Å². The molecule has 1 heterocycles. The van der Waals surface area contributed by atoms with Crippen LogP contribution in [0.1, 0.15) is 24.1 Å². The van der Waals surface area contributed by atoms with E-state index < -0.39 is 0 Å². The van der Waals surface area contributed by atoms with E-state index in [0.717, 1.165) is 26.3 Å². The maximum atomic E-state index is 6.19. The van der Waals surface area contributed by atoms with Gasteiger partial charge in [-0.3, -0.25) is 4.90 Å². The fourth-order valence-corrected chi connectivity index (χ4v) is 2.59. The summed E-state index contributed by atoms with van der Waals surface area (Å²) >= 11 is 0. The van der Waals surface area contributed by atoms with Gasteiger partial charge in [0.05, 0.1) is 19.3 Å². The summed E-state index contributed by atoms with van der Waals surface area (Å²) in [7, 11) is 0. The molecular formula is C14H22N2O. The maximum absolute atomic E-state index is 6.19. The van der Waals surface area contributed by atoms with Crippen molar-refractivity contribution >= 4 is 0 Å². The minimum atomic E-state index is 0.134. The molecule has 2 unspecified atom stereocenters. The highest BCUT2D eigenvalue weighted by Crippen LogP contribution is 2.26. The molecule has 2 N–H and O–H groups in total. The Hall–Kier alpha value is -0.900. The monoisotopic (exact) mass is 234 g/mol. The van der Waals surface area contributed by atoms with Crippen molar-refractivity contribution in [2.24, 2.45) is 5.73 Å². The molecule has 0 saturated carbocycles. The Balaban J connectivity index is 2.25. The molecule has 3 heteroatoms. The molecule has 1 aromatic rings. The number of hydrogen-bond acceptors (Lipinski definition) is 3. The van der Waals surface area contributed by atoms with Crippen molar-refractivity contribution in [3.8, 4) is 0 Å². The third-order valence-corrected chi connectivity index (χ3v) is 3.44. The van der Waals surface area contributed by atoms with E-state index in [-0.39, 0.29) is 6.04 Å². The number of benzene rings is 1. The molecule has 0 amide bonds. The standard InChI is InChI=1S/C14H22N2O/c1-11-5-3-4-6-13(11)14(12(2)15)16-7-9-17-10-8-16/h3-6,12,14H,7-10,15H2,1-2H3. The van der Waals surface area contributed by atoms with Crippen molar-refractivity contribution in [1.82, 2.24) is 4.90 Å². The molecule has 2 atom stereocenters. The number of hydrogen-bond donors (Lipinski definition) is 1. The van der Waals surface area contributed by atoms with Crippen LogP contribution < -0.4 is 5.73 Å². The zero-order valence-corrected chi connectivity index (χ0v) is 10.7. The van der Waals surface area contributed by atoms with E-state index in [1.807, 2.05) is 0 Å². The molecule has 3 nitrogen and oxygen atoms in total. The second-order valence-electron chi connectivity index (χ2n) is 4.81. The summed E-state index contributed by atoms with van der Waals surface area (Å²) < 4.78 is 5.41. The first-order chi connectivity index (χ1) is 8.20. The largest absolute Gasteiger partial charge is 0.379 e. The first kappa shape index (κ1) is 12.6. The van der Waals surface area contributed by atoms with Crippen LogP contribution in [0.3, 0.4) is 0 Å². The fourth-order valence-electron chi connectivity index (χ4n) is 2.59. The fraction of sp³-hybridized carbons (Fsp3) is 0.571. The highest BCUT2D eigenvalue weighted by molar-refractivity contribution is 5.29. The highest BCUT2D eigenvalue weighted by atomic mass is 16.5. The van der Waals surface area contributed by atoms with Gasteiger partial charge in [0.25, 0.3) is 0 Å². The third-order valence-electron chi connectivity index (χ3n) is 3.44. The lowest BCUT2D eigenvalue weighted by Crippen LogP contribution is -2.45. The number of nitrogens with zero attached hydrogens (tertiary/aromatic N) is 1. The summed E-state index contributed by atoms with van der Waals surface area (Å²) in [5, 5.41) is 0. The normalized spacial score (nSPS) is 21.1. The van der Waals surface area contributed by atoms with E-state index in [1.165, 1.54) is 11.1 Å². The lowest BCUT2D eigenvalue weighted by atomic mass is 9.95. The van der Waals surface area contributed by atoms with Crippen LogP contribution in [0.5, 0.6) is 0 Å². The number of nitrogens with two attached hydrogens (primary N) is 1. The van der Waals surface area contributed by atoms with Crippen molar-refractivity contribution in [3.63, 3.8) is 0 Å². The SMILES string of the molecule is Cc1ccccc1C(C(C)N)N1CCOCC1. The summed E-state index contributed by atoms with van der Waals surface area (Å²) in [6.07, 6.45) is 0. The van der Waals surface area contributed by atoms with Crippen LogP contribution in [0.15, 0.2) is 24.3 Å². The van der Waals surface area contributed by atoms with Crippen molar-refractivity contribution in [1.29, 1.82) is 0 Å². The molecule has 1 aromatic carbocycles. The van der Waals surface area contributed by atoms with Crippen molar-refractivity contribution in [2.45, 2.75) is 25.9 Å². The molecule has 0 spiro atoms. The van der Waals surface area contributed by atoms with Gasteiger partial charge in [0, 0.05) is 19.1 Å². The van der Waals surface area contributed by atoms with Crippen molar-refractivity contribution in [2.75, 3.05) is 26.3 Å². The van der Waals surface area contributed by atoms with E-state index in [9.17, 15) is 0 Å².